The van der Waals surface area contributed by atoms with Gasteiger partial charge in [-0.2, -0.15) is 4.72 Å². The minimum Gasteiger partial charge on any atom is -0.376 e. The van der Waals surface area contributed by atoms with Crippen LogP contribution in [0.3, 0.4) is 0 Å². The van der Waals surface area contributed by atoms with Crippen LogP contribution in [-0.4, -0.2) is 39.1 Å². The van der Waals surface area contributed by atoms with Crippen LogP contribution in [0.1, 0.15) is 45.6 Å². The van der Waals surface area contributed by atoms with E-state index in [0.717, 1.165) is 18.4 Å². The van der Waals surface area contributed by atoms with E-state index in [0.29, 0.717) is 13.0 Å². The number of nitrogens with one attached hydrogen (secondary N) is 2. The molecule has 3 unspecified atom stereocenters. The Hall–Kier alpha value is -1.44. The first-order valence-electron chi connectivity index (χ1n) is 9.20. The fourth-order valence-electron chi connectivity index (χ4n) is 3.07. The number of hydrogen-bond acceptors (Lipinski definition) is 4. The van der Waals surface area contributed by atoms with Gasteiger partial charge >= 0.3 is 0 Å². The average Bonchev–Trinajstić information content (AvgIpc) is 3.08. The fraction of sp³-hybridized carbons (Fsp3) is 0.632. The minimum absolute atomic E-state index is 0.00708. The first-order valence-corrected chi connectivity index (χ1v) is 10.7. The minimum atomic E-state index is -3.76. The van der Waals surface area contributed by atoms with E-state index in [-0.39, 0.29) is 28.9 Å². The number of benzene rings is 1. The van der Waals surface area contributed by atoms with Crippen molar-refractivity contribution < 1.29 is 17.9 Å². The molecule has 1 aliphatic rings. The molecule has 6 nitrogen and oxygen atoms in total. The lowest BCUT2D eigenvalue weighted by Gasteiger charge is -2.25. The molecule has 0 aromatic heterocycles. The zero-order chi connectivity index (χ0) is 19.3. The summed E-state index contributed by atoms with van der Waals surface area (Å²) in [6.45, 7) is 8.43. The molecule has 1 amide bonds. The van der Waals surface area contributed by atoms with Crippen LogP contribution < -0.4 is 10.0 Å². The SMILES string of the molecule is Cc1ccc(S(=O)(=O)NC(CC(C)C)C(=O)NC(C)C2CCCO2)cc1. The van der Waals surface area contributed by atoms with E-state index in [1.165, 1.54) is 0 Å². The van der Waals surface area contributed by atoms with Crippen LogP contribution in [0.2, 0.25) is 0 Å². The van der Waals surface area contributed by atoms with Gasteiger partial charge in [0.1, 0.15) is 6.04 Å². The quantitative estimate of drug-likeness (QED) is 0.723. The van der Waals surface area contributed by atoms with Crippen molar-refractivity contribution in [3.63, 3.8) is 0 Å². The molecule has 0 radical (unpaired) electrons. The molecule has 0 bridgehead atoms. The Morgan fingerprint density at radius 1 is 1.23 bits per heavy atom. The molecule has 1 aromatic rings. The Bertz CT molecular complexity index is 695. The van der Waals surface area contributed by atoms with Gasteiger partial charge in [-0.3, -0.25) is 4.79 Å². The number of aryl methyl sites for hydroxylation is 1. The molecule has 1 saturated heterocycles. The molecule has 26 heavy (non-hydrogen) atoms. The van der Waals surface area contributed by atoms with Crippen LogP contribution >= 0.6 is 0 Å². The molecule has 0 spiro atoms. The van der Waals surface area contributed by atoms with Crippen molar-refractivity contribution in [3.8, 4) is 0 Å². The molecule has 1 aromatic carbocycles. The lowest BCUT2D eigenvalue weighted by Crippen LogP contribution is -2.51. The predicted molar refractivity (Wildman–Crippen MR) is 101 cm³/mol. The molecule has 146 valence electrons. The maximum atomic E-state index is 12.7. The molecule has 7 heteroatoms. The molecule has 3 atom stereocenters. The van der Waals surface area contributed by atoms with E-state index >= 15 is 0 Å². The van der Waals surface area contributed by atoms with Gasteiger partial charge in [0.05, 0.1) is 17.0 Å². The van der Waals surface area contributed by atoms with Crippen molar-refractivity contribution in [2.75, 3.05) is 6.61 Å². The van der Waals surface area contributed by atoms with Gasteiger partial charge in [-0.1, -0.05) is 31.5 Å². The summed E-state index contributed by atoms with van der Waals surface area (Å²) in [5.74, 6) is -0.137. The maximum absolute atomic E-state index is 12.7. The first kappa shape index (κ1) is 20.9. The summed E-state index contributed by atoms with van der Waals surface area (Å²) in [7, 11) is -3.76. The van der Waals surface area contributed by atoms with Crippen LogP contribution in [0.15, 0.2) is 29.2 Å². The number of hydrogen-bond donors (Lipinski definition) is 2. The van der Waals surface area contributed by atoms with Gasteiger partial charge in [0, 0.05) is 6.61 Å². The Labute approximate surface area is 156 Å². The normalized spacial score (nSPS) is 20.1. The third-order valence-electron chi connectivity index (χ3n) is 4.54. The summed E-state index contributed by atoms with van der Waals surface area (Å²) >= 11 is 0. The third kappa shape index (κ3) is 5.79. The monoisotopic (exact) mass is 382 g/mol. The molecule has 1 heterocycles. The van der Waals surface area contributed by atoms with Gasteiger partial charge in [0.15, 0.2) is 0 Å². The number of rotatable bonds is 8. The van der Waals surface area contributed by atoms with Gasteiger partial charge in [-0.25, -0.2) is 8.42 Å². The Balaban J connectivity index is 2.10. The van der Waals surface area contributed by atoms with Gasteiger partial charge in [-0.15, -0.1) is 0 Å². The lowest BCUT2D eigenvalue weighted by atomic mass is 10.0. The van der Waals surface area contributed by atoms with E-state index < -0.39 is 16.1 Å². The van der Waals surface area contributed by atoms with Crippen molar-refractivity contribution in [2.24, 2.45) is 5.92 Å². The van der Waals surface area contributed by atoms with Crippen LogP contribution in [0.4, 0.5) is 0 Å². The Kier molecular flexibility index (Phi) is 7.20. The highest BCUT2D eigenvalue weighted by Gasteiger charge is 2.30. The summed E-state index contributed by atoms with van der Waals surface area (Å²) < 4.78 is 33.5. The molecular formula is C19H30N2O4S. The molecule has 0 aliphatic carbocycles. The summed E-state index contributed by atoms with van der Waals surface area (Å²) in [6.07, 6.45) is 2.31. The Morgan fingerprint density at radius 3 is 2.42 bits per heavy atom. The second kappa shape index (κ2) is 8.97. The Morgan fingerprint density at radius 2 is 1.88 bits per heavy atom. The molecule has 2 N–H and O–H groups in total. The van der Waals surface area contributed by atoms with Crippen molar-refractivity contribution in [1.82, 2.24) is 10.0 Å². The van der Waals surface area contributed by atoms with E-state index in [1.54, 1.807) is 24.3 Å². The van der Waals surface area contributed by atoms with E-state index in [1.807, 2.05) is 27.7 Å². The van der Waals surface area contributed by atoms with Gasteiger partial charge in [0.25, 0.3) is 0 Å². The van der Waals surface area contributed by atoms with Crippen molar-refractivity contribution >= 4 is 15.9 Å². The fourth-order valence-corrected chi connectivity index (χ4v) is 4.28. The zero-order valence-electron chi connectivity index (χ0n) is 16.0. The highest BCUT2D eigenvalue weighted by atomic mass is 32.2. The maximum Gasteiger partial charge on any atom is 0.241 e. The van der Waals surface area contributed by atoms with Crippen molar-refractivity contribution in [2.45, 2.75) is 70.0 Å². The number of ether oxygens (including phenoxy) is 1. The smallest absolute Gasteiger partial charge is 0.241 e. The third-order valence-corrected chi connectivity index (χ3v) is 6.03. The van der Waals surface area contributed by atoms with E-state index in [9.17, 15) is 13.2 Å². The molecule has 2 rings (SSSR count). The van der Waals surface area contributed by atoms with Gasteiger partial charge in [0.2, 0.25) is 15.9 Å². The topological polar surface area (TPSA) is 84.5 Å². The molecule has 0 saturated carbocycles. The summed E-state index contributed by atoms with van der Waals surface area (Å²) in [5.41, 5.74) is 0.978. The second-order valence-electron chi connectivity index (χ2n) is 7.47. The molecule has 1 aliphatic heterocycles. The highest BCUT2D eigenvalue weighted by Crippen LogP contribution is 2.17. The average molecular weight is 383 g/mol. The molecule has 1 fully saturated rings. The van der Waals surface area contributed by atoms with Crippen LogP contribution in [0.5, 0.6) is 0 Å². The van der Waals surface area contributed by atoms with Crippen molar-refractivity contribution in [3.05, 3.63) is 29.8 Å². The number of carbonyl (C=O) groups excluding carboxylic acids is 1. The summed E-state index contributed by atoms with van der Waals surface area (Å²) in [6, 6.07) is 5.62. The van der Waals surface area contributed by atoms with Gasteiger partial charge < -0.3 is 10.1 Å². The summed E-state index contributed by atoms with van der Waals surface area (Å²) in [5, 5.41) is 2.92. The lowest BCUT2D eigenvalue weighted by molar-refractivity contribution is -0.124. The largest absolute Gasteiger partial charge is 0.376 e. The van der Waals surface area contributed by atoms with Crippen LogP contribution in [0, 0.1) is 12.8 Å². The second-order valence-corrected chi connectivity index (χ2v) is 9.18. The standard InChI is InChI=1S/C19H30N2O4S/c1-13(2)12-17(19(22)20-15(4)18-6-5-11-25-18)21-26(23,24)16-9-7-14(3)8-10-16/h7-10,13,15,17-18,21H,5-6,11-12H2,1-4H3,(H,20,22). The van der Waals surface area contributed by atoms with Gasteiger partial charge in [-0.05, 0) is 51.2 Å². The number of sulfonamides is 1. The van der Waals surface area contributed by atoms with Crippen LogP contribution in [0.25, 0.3) is 0 Å². The van der Waals surface area contributed by atoms with E-state index in [2.05, 4.69) is 10.0 Å². The summed E-state index contributed by atoms with van der Waals surface area (Å²) in [4.78, 5) is 12.9. The predicted octanol–water partition coefficient (Wildman–Crippen LogP) is 2.37. The molecular weight excluding hydrogens is 352 g/mol. The highest BCUT2D eigenvalue weighted by molar-refractivity contribution is 7.89. The van der Waals surface area contributed by atoms with E-state index in [4.69, 9.17) is 4.74 Å². The van der Waals surface area contributed by atoms with Crippen molar-refractivity contribution in [1.29, 1.82) is 0 Å². The van der Waals surface area contributed by atoms with Crippen LogP contribution in [-0.2, 0) is 19.6 Å². The zero-order valence-corrected chi connectivity index (χ0v) is 16.8. The first-order chi connectivity index (χ1) is 12.2. The number of amides is 1. The number of carbonyl (C=O) groups is 1.